The van der Waals surface area contributed by atoms with Crippen molar-refractivity contribution in [2.24, 2.45) is 0 Å². The standard InChI is InChI=1S/C33H34N2OP.BrH/c36-33-32(22-24-35(33)28-21-23-34(26-28)25-27-13-5-1-6-14-27)37(29-15-7-2-8-16-29,30-17-9-3-10-18-30)31-19-11-4-12-20-31;/h1-20,28,32H,21-26H2;1H/q+1;/p-1/t28-,32-;/m1./s1. The van der Waals surface area contributed by atoms with Gasteiger partial charge < -0.3 is 21.9 Å². The third-order valence-corrected chi connectivity index (χ3v) is 12.9. The first-order chi connectivity index (χ1) is 18.3. The Bertz CT molecular complexity index is 1220. The average Bonchev–Trinajstić information content (AvgIpc) is 3.58. The van der Waals surface area contributed by atoms with Gasteiger partial charge in [0.1, 0.15) is 23.2 Å². The van der Waals surface area contributed by atoms with Gasteiger partial charge >= 0.3 is 0 Å². The second kappa shape index (κ2) is 11.9. The summed E-state index contributed by atoms with van der Waals surface area (Å²) in [6.45, 7) is 3.81. The van der Waals surface area contributed by atoms with Crippen molar-refractivity contribution in [1.29, 1.82) is 0 Å². The molecule has 1 amide bonds. The molecule has 0 aliphatic carbocycles. The fourth-order valence-electron chi connectivity index (χ4n) is 6.44. The number of nitrogens with zero attached hydrogens (tertiary/aromatic N) is 2. The first kappa shape index (κ1) is 26.8. The maximum absolute atomic E-state index is 14.5. The molecule has 2 fully saturated rings. The Morgan fingerprint density at radius 3 is 1.61 bits per heavy atom. The molecule has 4 aromatic rings. The summed E-state index contributed by atoms with van der Waals surface area (Å²) in [5.41, 5.74) is 1.30. The van der Waals surface area contributed by atoms with Gasteiger partial charge in [0.25, 0.3) is 5.91 Å². The highest BCUT2D eigenvalue weighted by molar-refractivity contribution is 7.96. The molecule has 3 nitrogen and oxygen atoms in total. The van der Waals surface area contributed by atoms with E-state index >= 15 is 0 Å². The maximum Gasteiger partial charge on any atom is 0.264 e. The summed E-state index contributed by atoms with van der Waals surface area (Å²) in [7, 11) is -2.21. The number of carbonyl (C=O) groups excluding carboxylic acids is 1. The summed E-state index contributed by atoms with van der Waals surface area (Å²) in [4.78, 5) is 19.2. The Morgan fingerprint density at radius 1 is 0.632 bits per heavy atom. The van der Waals surface area contributed by atoms with Crippen LogP contribution in [0.1, 0.15) is 18.4 Å². The van der Waals surface area contributed by atoms with Crippen molar-refractivity contribution >= 4 is 29.1 Å². The van der Waals surface area contributed by atoms with Crippen molar-refractivity contribution in [2.45, 2.75) is 31.1 Å². The lowest BCUT2D eigenvalue weighted by atomic mass is 10.2. The molecule has 4 aromatic carbocycles. The maximum atomic E-state index is 14.5. The van der Waals surface area contributed by atoms with Gasteiger partial charge in [0.2, 0.25) is 0 Å². The van der Waals surface area contributed by atoms with Crippen molar-refractivity contribution in [2.75, 3.05) is 19.6 Å². The monoisotopic (exact) mass is 584 g/mol. The Balaban J connectivity index is 0.00000294. The molecule has 2 saturated heterocycles. The highest BCUT2D eigenvalue weighted by atomic mass is 79.9. The fraction of sp³-hybridized carbons (Fsp3) is 0.242. The molecule has 0 saturated carbocycles. The van der Waals surface area contributed by atoms with Crippen LogP contribution in [0, 0.1) is 0 Å². The smallest absolute Gasteiger partial charge is 0.264 e. The van der Waals surface area contributed by atoms with Crippen LogP contribution in [0.25, 0.3) is 0 Å². The molecule has 2 aliphatic rings. The van der Waals surface area contributed by atoms with Crippen LogP contribution in [-0.4, -0.2) is 47.0 Å². The summed E-state index contributed by atoms with van der Waals surface area (Å²) < 4.78 is 0. The molecular formula is C33H34BrN2OP. The van der Waals surface area contributed by atoms with Gasteiger partial charge in [-0.05, 0) is 48.4 Å². The van der Waals surface area contributed by atoms with Crippen LogP contribution in [0.5, 0.6) is 0 Å². The lowest BCUT2D eigenvalue weighted by Crippen LogP contribution is -3.00. The zero-order chi connectivity index (χ0) is 25.1. The van der Waals surface area contributed by atoms with Gasteiger partial charge in [0, 0.05) is 38.6 Å². The van der Waals surface area contributed by atoms with Gasteiger partial charge in [0.05, 0.1) is 0 Å². The molecule has 6 rings (SSSR count). The second-order valence-corrected chi connectivity index (χ2v) is 13.8. The van der Waals surface area contributed by atoms with Crippen LogP contribution in [0.15, 0.2) is 121 Å². The normalized spacial score (nSPS) is 19.9. The van der Waals surface area contributed by atoms with Gasteiger partial charge in [-0.15, -0.1) is 0 Å². The van der Waals surface area contributed by atoms with Gasteiger partial charge in [-0.2, -0.15) is 0 Å². The van der Waals surface area contributed by atoms with E-state index in [1.54, 1.807) is 0 Å². The number of carbonyl (C=O) groups is 1. The lowest BCUT2D eigenvalue weighted by Gasteiger charge is -2.32. The number of likely N-dealkylation sites (tertiary alicyclic amines) is 2. The van der Waals surface area contributed by atoms with Crippen molar-refractivity contribution in [1.82, 2.24) is 9.80 Å². The van der Waals surface area contributed by atoms with Crippen molar-refractivity contribution in [3.63, 3.8) is 0 Å². The van der Waals surface area contributed by atoms with Crippen LogP contribution in [0.4, 0.5) is 0 Å². The summed E-state index contributed by atoms with van der Waals surface area (Å²) in [6.07, 6.45) is 1.96. The van der Waals surface area contributed by atoms with Crippen LogP contribution < -0.4 is 32.9 Å². The van der Waals surface area contributed by atoms with E-state index < -0.39 is 7.26 Å². The summed E-state index contributed by atoms with van der Waals surface area (Å²) in [5.74, 6) is 0.344. The molecule has 2 heterocycles. The van der Waals surface area contributed by atoms with E-state index in [4.69, 9.17) is 0 Å². The number of rotatable bonds is 7. The molecule has 38 heavy (non-hydrogen) atoms. The first-order valence-electron chi connectivity index (χ1n) is 13.4. The van der Waals surface area contributed by atoms with Crippen LogP contribution in [-0.2, 0) is 11.3 Å². The van der Waals surface area contributed by atoms with E-state index in [2.05, 4.69) is 131 Å². The van der Waals surface area contributed by atoms with Gasteiger partial charge in [-0.25, -0.2) is 0 Å². The quantitative estimate of drug-likeness (QED) is 0.310. The number of hydrogen-bond donors (Lipinski definition) is 0. The topological polar surface area (TPSA) is 23.6 Å². The van der Waals surface area contributed by atoms with E-state index in [9.17, 15) is 4.79 Å². The van der Waals surface area contributed by atoms with E-state index in [1.165, 1.54) is 21.5 Å². The summed E-state index contributed by atoms with van der Waals surface area (Å²) in [5, 5.41) is 3.89. The third kappa shape index (κ3) is 4.98. The second-order valence-electron chi connectivity index (χ2n) is 10.2. The minimum absolute atomic E-state index is 0. The number of benzene rings is 4. The minimum Gasteiger partial charge on any atom is -1.00 e. The molecule has 0 N–H and O–H groups in total. The minimum atomic E-state index is -2.21. The predicted molar refractivity (Wildman–Crippen MR) is 155 cm³/mol. The fourth-order valence-corrected chi connectivity index (χ4v) is 11.3. The largest absolute Gasteiger partial charge is 1.00 e. The SMILES string of the molecule is O=C1[C@H]([P+](c2ccccc2)(c2ccccc2)c2ccccc2)CCN1[C@@H]1CCN(Cc2ccccc2)C1.[Br-]. The van der Waals surface area contributed by atoms with Crippen LogP contribution >= 0.6 is 7.26 Å². The highest BCUT2D eigenvalue weighted by Gasteiger charge is 2.59. The van der Waals surface area contributed by atoms with Crippen molar-refractivity contribution < 1.29 is 21.8 Å². The molecule has 0 bridgehead atoms. The molecule has 0 radical (unpaired) electrons. The highest BCUT2D eigenvalue weighted by Crippen LogP contribution is 2.62. The predicted octanol–water partition coefficient (Wildman–Crippen LogP) is 1.86. The van der Waals surface area contributed by atoms with E-state index in [0.717, 1.165) is 39.0 Å². The molecule has 0 unspecified atom stereocenters. The zero-order valence-electron chi connectivity index (χ0n) is 21.6. The van der Waals surface area contributed by atoms with Crippen LogP contribution in [0.3, 0.4) is 0 Å². The molecule has 0 aromatic heterocycles. The van der Waals surface area contributed by atoms with E-state index in [1.807, 2.05) is 0 Å². The van der Waals surface area contributed by atoms with E-state index in [-0.39, 0.29) is 22.6 Å². The Labute approximate surface area is 237 Å². The molecule has 0 spiro atoms. The number of amides is 1. The van der Waals surface area contributed by atoms with Gasteiger partial charge in [-0.3, -0.25) is 9.69 Å². The first-order valence-corrected chi connectivity index (χ1v) is 15.2. The average molecular weight is 586 g/mol. The lowest BCUT2D eigenvalue weighted by molar-refractivity contribution is -0.129. The number of hydrogen-bond acceptors (Lipinski definition) is 2. The number of halogens is 1. The molecule has 5 heteroatoms. The van der Waals surface area contributed by atoms with Crippen LogP contribution in [0.2, 0.25) is 0 Å². The van der Waals surface area contributed by atoms with Crippen molar-refractivity contribution in [3.05, 3.63) is 127 Å². The molecule has 194 valence electrons. The molecule has 2 aliphatic heterocycles. The van der Waals surface area contributed by atoms with Gasteiger partial charge in [0.15, 0.2) is 5.66 Å². The Hall–Kier alpha value is -2.78. The van der Waals surface area contributed by atoms with E-state index in [0.29, 0.717) is 11.9 Å². The zero-order valence-corrected chi connectivity index (χ0v) is 24.1. The molecular weight excluding hydrogens is 551 g/mol. The Kier molecular flexibility index (Phi) is 8.43. The summed E-state index contributed by atoms with van der Waals surface area (Å²) >= 11 is 0. The van der Waals surface area contributed by atoms with Crippen molar-refractivity contribution in [3.8, 4) is 0 Å². The Morgan fingerprint density at radius 2 is 1.11 bits per heavy atom. The molecule has 2 atom stereocenters. The summed E-state index contributed by atoms with van der Waals surface area (Å²) in [6, 6.07) is 43.5. The third-order valence-electron chi connectivity index (χ3n) is 8.11. The van der Waals surface area contributed by atoms with Gasteiger partial charge in [-0.1, -0.05) is 84.9 Å².